The molecule has 1 unspecified atom stereocenters. The number of nitrogens with zero attached hydrogens (tertiary/aromatic N) is 4. The molecule has 1 N–H and O–H groups in total. The highest BCUT2D eigenvalue weighted by Gasteiger charge is 2.30. The van der Waals surface area contributed by atoms with Gasteiger partial charge < -0.3 is 9.80 Å². The summed E-state index contributed by atoms with van der Waals surface area (Å²) in [5.74, 6) is 1.10. The van der Waals surface area contributed by atoms with Crippen LogP contribution in [0.15, 0.2) is 18.3 Å². The summed E-state index contributed by atoms with van der Waals surface area (Å²) in [5, 5.41) is 7.16. The maximum Gasteiger partial charge on any atom is 0.227 e. The van der Waals surface area contributed by atoms with Crippen LogP contribution in [0, 0.1) is 13.8 Å². The van der Waals surface area contributed by atoms with Gasteiger partial charge in [0.25, 0.3) is 0 Å². The third-order valence-electron chi connectivity index (χ3n) is 4.79. The number of carbonyl (C=O) groups is 1. The minimum atomic E-state index is 0.145. The molecule has 0 aliphatic carbocycles. The maximum absolute atomic E-state index is 12.9. The van der Waals surface area contributed by atoms with Crippen molar-refractivity contribution >= 4 is 11.7 Å². The van der Waals surface area contributed by atoms with Crippen LogP contribution in [0.25, 0.3) is 0 Å². The molecule has 0 aromatic carbocycles. The Kier molecular flexibility index (Phi) is 4.55. The molecule has 0 spiro atoms. The van der Waals surface area contributed by atoms with E-state index in [4.69, 9.17) is 0 Å². The van der Waals surface area contributed by atoms with Gasteiger partial charge in [0.2, 0.25) is 5.91 Å². The highest BCUT2D eigenvalue weighted by atomic mass is 16.2. The first-order valence-corrected chi connectivity index (χ1v) is 8.40. The first-order chi connectivity index (χ1) is 11.5. The molecule has 0 bridgehead atoms. The van der Waals surface area contributed by atoms with E-state index in [1.807, 2.05) is 50.0 Å². The van der Waals surface area contributed by atoms with Crippen LogP contribution in [0.4, 0.5) is 5.82 Å². The third kappa shape index (κ3) is 3.13. The summed E-state index contributed by atoms with van der Waals surface area (Å²) in [4.78, 5) is 21.3. The molecule has 0 saturated carbocycles. The van der Waals surface area contributed by atoms with Crippen molar-refractivity contribution in [3.63, 3.8) is 0 Å². The van der Waals surface area contributed by atoms with E-state index in [9.17, 15) is 4.79 Å². The molecule has 1 saturated heterocycles. The van der Waals surface area contributed by atoms with E-state index in [0.29, 0.717) is 6.42 Å². The predicted octanol–water partition coefficient (Wildman–Crippen LogP) is 2.39. The van der Waals surface area contributed by atoms with Crippen LogP contribution >= 0.6 is 0 Å². The zero-order valence-corrected chi connectivity index (χ0v) is 14.8. The summed E-state index contributed by atoms with van der Waals surface area (Å²) in [6.45, 7) is 4.73. The van der Waals surface area contributed by atoms with Gasteiger partial charge in [-0.25, -0.2) is 4.98 Å². The van der Waals surface area contributed by atoms with Crippen molar-refractivity contribution in [1.29, 1.82) is 0 Å². The molecule has 1 amide bonds. The monoisotopic (exact) mass is 327 g/mol. The normalized spacial score (nSPS) is 17.3. The van der Waals surface area contributed by atoms with Crippen LogP contribution in [-0.4, -0.2) is 46.6 Å². The summed E-state index contributed by atoms with van der Waals surface area (Å²) < 4.78 is 0. The number of H-pyrrole nitrogens is 1. The van der Waals surface area contributed by atoms with Gasteiger partial charge in [-0.15, -0.1) is 0 Å². The average molecular weight is 327 g/mol. The molecule has 6 heteroatoms. The van der Waals surface area contributed by atoms with Gasteiger partial charge in [-0.1, -0.05) is 0 Å². The molecule has 1 aliphatic heterocycles. The van der Waals surface area contributed by atoms with Crippen LogP contribution in [0.2, 0.25) is 0 Å². The number of nitrogens with one attached hydrogen (secondary N) is 1. The molecule has 3 heterocycles. The number of rotatable bonds is 4. The molecule has 128 valence electrons. The van der Waals surface area contributed by atoms with E-state index in [2.05, 4.69) is 21.2 Å². The number of amides is 1. The van der Waals surface area contributed by atoms with Gasteiger partial charge in [-0.3, -0.25) is 9.89 Å². The van der Waals surface area contributed by atoms with Crippen LogP contribution in [-0.2, 0) is 11.2 Å². The molecule has 1 aliphatic rings. The first kappa shape index (κ1) is 16.5. The molecule has 3 rings (SSSR count). The first-order valence-electron chi connectivity index (χ1n) is 8.40. The Hall–Kier alpha value is -2.37. The predicted molar refractivity (Wildman–Crippen MR) is 94.0 cm³/mol. The Bertz CT molecular complexity index is 717. The number of pyridine rings is 1. The second-order valence-corrected chi connectivity index (χ2v) is 6.68. The van der Waals surface area contributed by atoms with Gasteiger partial charge in [0.15, 0.2) is 0 Å². The van der Waals surface area contributed by atoms with E-state index >= 15 is 0 Å². The molecular formula is C18H25N5O. The fraction of sp³-hybridized carbons (Fsp3) is 0.500. The Morgan fingerprint density at radius 3 is 2.88 bits per heavy atom. The minimum absolute atomic E-state index is 0.145. The smallest absolute Gasteiger partial charge is 0.227 e. The molecule has 1 atom stereocenters. The maximum atomic E-state index is 12.9. The number of aryl methyl sites for hydroxylation is 2. The zero-order chi connectivity index (χ0) is 17.3. The SMILES string of the molecule is Cc1n[nH]c(C)c1CC(=O)N1CCCC1c1ccnc(N(C)C)c1. The fourth-order valence-electron chi connectivity index (χ4n) is 3.39. The lowest BCUT2D eigenvalue weighted by Crippen LogP contribution is -2.32. The number of aromatic amines is 1. The highest BCUT2D eigenvalue weighted by molar-refractivity contribution is 5.80. The molecule has 24 heavy (non-hydrogen) atoms. The van der Waals surface area contributed by atoms with Crippen molar-refractivity contribution in [3.8, 4) is 0 Å². The average Bonchev–Trinajstić information content (AvgIpc) is 3.17. The largest absolute Gasteiger partial charge is 0.363 e. The van der Waals surface area contributed by atoms with Gasteiger partial charge in [-0.2, -0.15) is 5.10 Å². The molecule has 0 radical (unpaired) electrons. The second kappa shape index (κ2) is 6.63. The summed E-state index contributed by atoms with van der Waals surface area (Å²) in [7, 11) is 3.96. The third-order valence-corrected chi connectivity index (χ3v) is 4.79. The fourth-order valence-corrected chi connectivity index (χ4v) is 3.39. The minimum Gasteiger partial charge on any atom is -0.363 e. The molecule has 2 aromatic heterocycles. The number of carbonyl (C=O) groups excluding carboxylic acids is 1. The lowest BCUT2D eigenvalue weighted by atomic mass is 10.0. The summed E-state index contributed by atoms with van der Waals surface area (Å²) >= 11 is 0. The highest BCUT2D eigenvalue weighted by Crippen LogP contribution is 2.33. The van der Waals surface area contributed by atoms with Crippen molar-refractivity contribution in [2.75, 3.05) is 25.5 Å². The number of likely N-dealkylation sites (tertiary alicyclic amines) is 1. The molecular weight excluding hydrogens is 302 g/mol. The molecule has 6 nitrogen and oxygen atoms in total. The van der Waals surface area contributed by atoms with E-state index in [1.54, 1.807) is 0 Å². The van der Waals surface area contributed by atoms with Crippen molar-refractivity contribution in [2.24, 2.45) is 0 Å². The number of hydrogen-bond donors (Lipinski definition) is 1. The van der Waals surface area contributed by atoms with Gasteiger partial charge in [0.05, 0.1) is 18.2 Å². The van der Waals surface area contributed by atoms with Crippen molar-refractivity contribution < 1.29 is 4.79 Å². The summed E-state index contributed by atoms with van der Waals surface area (Å²) in [6.07, 6.45) is 4.29. The lowest BCUT2D eigenvalue weighted by molar-refractivity contribution is -0.131. The van der Waals surface area contributed by atoms with Crippen LogP contribution < -0.4 is 4.90 Å². The Morgan fingerprint density at radius 2 is 2.21 bits per heavy atom. The van der Waals surface area contributed by atoms with Crippen LogP contribution in [0.3, 0.4) is 0 Å². The van der Waals surface area contributed by atoms with E-state index in [0.717, 1.165) is 42.2 Å². The quantitative estimate of drug-likeness (QED) is 0.936. The van der Waals surface area contributed by atoms with Crippen LogP contribution in [0.1, 0.15) is 41.4 Å². The Morgan fingerprint density at radius 1 is 1.42 bits per heavy atom. The second-order valence-electron chi connectivity index (χ2n) is 6.68. The van der Waals surface area contributed by atoms with E-state index < -0.39 is 0 Å². The summed E-state index contributed by atoms with van der Waals surface area (Å²) in [5.41, 5.74) is 4.08. The molecule has 2 aromatic rings. The topological polar surface area (TPSA) is 65.1 Å². The van der Waals surface area contributed by atoms with Gasteiger partial charge in [0, 0.05) is 38.1 Å². The standard InChI is InChI=1S/C18H25N5O/c1-12-15(13(2)21-20-12)11-18(24)23-9-5-6-16(23)14-7-8-19-17(10-14)22(3)4/h7-8,10,16H,5-6,9,11H2,1-4H3,(H,20,21). The Labute approximate surface area is 142 Å². The number of aromatic nitrogens is 3. The molecule has 1 fully saturated rings. The number of hydrogen-bond acceptors (Lipinski definition) is 4. The van der Waals surface area contributed by atoms with Crippen molar-refractivity contribution in [1.82, 2.24) is 20.1 Å². The summed E-state index contributed by atoms with van der Waals surface area (Å²) in [6, 6.07) is 4.26. The van der Waals surface area contributed by atoms with E-state index in [1.165, 1.54) is 5.56 Å². The zero-order valence-electron chi connectivity index (χ0n) is 14.8. The van der Waals surface area contributed by atoms with Gasteiger partial charge >= 0.3 is 0 Å². The van der Waals surface area contributed by atoms with Gasteiger partial charge in [0.1, 0.15) is 5.82 Å². The van der Waals surface area contributed by atoms with Crippen molar-refractivity contribution in [3.05, 3.63) is 40.8 Å². The van der Waals surface area contributed by atoms with Gasteiger partial charge in [-0.05, 0) is 44.4 Å². The number of anilines is 1. The van der Waals surface area contributed by atoms with E-state index in [-0.39, 0.29) is 11.9 Å². The lowest BCUT2D eigenvalue weighted by Gasteiger charge is -2.26. The van der Waals surface area contributed by atoms with Crippen LogP contribution in [0.5, 0.6) is 0 Å². The van der Waals surface area contributed by atoms with Crippen molar-refractivity contribution in [2.45, 2.75) is 39.2 Å². The Balaban J connectivity index is 1.80.